The molecular formula is C21H30FeO18. The molecule has 3 saturated carbocycles. The molecule has 0 aromatic carbocycles. The number of carboxylic acid groups (broad SMARTS) is 3. The maximum Gasteiger partial charge on any atom is 0.336 e. The third-order valence-electron chi connectivity index (χ3n) is 6.32. The van der Waals surface area contributed by atoms with Crippen LogP contribution in [0.3, 0.4) is 0 Å². The number of ketones is 3. The number of carbonyl (C=O) groups excluding carboxylic acids is 3. The third-order valence-corrected chi connectivity index (χ3v) is 6.32. The van der Waals surface area contributed by atoms with E-state index in [1.165, 1.54) is 0 Å². The van der Waals surface area contributed by atoms with Crippen molar-refractivity contribution in [1.82, 2.24) is 0 Å². The average molecular weight is 626 g/mol. The Morgan fingerprint density at radius 2 is 0.675 bits per heavy atom. The van der Waals surface area contributed by atoms with Gasteiger partial charge in [0.25, 0.3) is 0 Å². The molecule has 3 aliphatic rings. The molecule has 0 radical (unpaired) electrons. The Bertz CT molecular complexity index is 878. The van der Waals surface area contributed by atoms with Crippen LogP contribution in [0.4, 0.5) is 0 Å². The van der Waals surface area contributed by atoms with E-state index in [2.05, 4.69) is 0 Å². The fourth-order valence-corrected chi connectivity index (χ4v) is 3.90. The van der Waals surface area contributed by atoms with Crippen molar-refractivity contribution in [3.63, 3.8) is 0 Å². The molecule has 3 rings (SSSR count). The van der Waals surface area contributed by atoms with E-state index in [1.807, 2.05) is 0 Å². The molecule has 0 bridgehead atoms. The Labute approximate surface area is 234 Å². The minimum Gasteiger partial charge on any atom is -0.479 e. The number of aliphatic carboxylic acids is 3. The Hall–Kier alpha value is -2.42. The molecular weight excluding hydrogens is 596 g/mol. The Kier molecular flexibility index (Phi) is 13.1. The van der Waals surface area contributed by atoms with Gasteiger partial charge in [-0.1, -0.05) is 0 Å². The minimum atomic E-state index is -2.24. The van der Waals surface area contributed by atoms with Crippen molar-refractivity contribution < 1.29 is 107 Å². The molecule has 9 unspecified atom stereocenters. The van der Waals surface area contributed by atoms with Crippen molar-refractivity contribution in [2.24, 2.45) is 0 Å². The number of Topliss-reactive ketones (excluding diaryl/α,β-unsaturated/α-hetero) is 3. The summed E-state index contributed by atoms with van der Waals surface area (Å²) >= 11 is 0. The van der Waals surface area contributed by atoms with E-state index in [0.717, 1.165) is 0 Å². The van der Waals surface area contributed by atoms with Gasteiger partial charge < -0.3 is 61.3 Å². The van der Waals surface area contributed by atoms with Crippen molar-refractivity contribution in [2.45, 2.75) is 92.0 Å². The van der Waals surface area contributed by atoms with Gasteiger partial charge in [0.2, 0.25) is 0 Å². The number of aliphatic hydroxyl groups excluding tert-OH is 6. The summed E-state index contributed by atoms with van der Waals surface area (Å²) in [7, 11) is 0. The topological polar surface area (TPSA) is 345 Å². The normalized spacial score (nSPS) is 39.4. The summed E-state index contributed by atoms with van der Waals surface area (Å²) in [4.78, 5) is 64.1. The molecule has 3 aliphatic carbocycles. The largest absolute Gasteiger partial charge is 0.479 e. The zero-order valence-corrected chi connectivity index (χ0v) is 21.5. The van der Waals surface area contributed by atoms with Crippen LogP contribution in [0.25, 0.3) is 0 Å². The first-order valence-corrected chi connectivity index (χ1v) is 11.1. The molecule has 3 fully saturated rings. The predicted octanol–water partition coefficient (Wildman–Crippen LogP) is -6.34. The van der Waals surface area contributed by atoms with E-state index in [1.54, 1.807) is 0 Å². The van der Waals surface area contributed by atoms with Crippen molar-refractivity contribution in [2.75, 3.05) is 0 Å². The van der Waals surface area contributed by atoms with Crippen molar-refractivity contribution in [3.05, 3.63) is 0 Å². The molecule has 40 heavy (non-hydrogen) atoms. The summed E-state index contributed by atoms with van der Waals surface area (Å²) in [6.45, 7) is 0. The Morgan fingerprint density at radius 3 is 0.800 bits per heavy atom. The van der Waals surface area contributed by atoms with Crippen LogP contribution >= 0.6 is 0 Å². The Morgan fingerprint density at radius 1 is 0.500 bits per heavy atom. The van der Waals surface area contributed by atoms with Crippen molar-refractivity contribution in [1.29, 1.82) is 0 Å². The first-order chi connectivity index (χ1) is 17.6. The second-order valence-electron chi connectivity index (χ2n) is 9.59. The number of hydrogen-bond donors (Lipinski definition) is 12. The summed E-state index contributed by atoms with van der Waals surface area (Å²) in [5.41, 5.74) is -6.72. The molecule has 0 aromatic rings. The van der Waals surface area contributed by atoms with E-state index < -0.39 is 127 Å². The van der Waals surface area contributed by atoms with Gasteiger partial charge >= 0.3 is 17.9 Å². The monoisotopic (exact) mass is 626 g/mol. The molecule has 0 heterocycles. The minimum absolute atomic E-state index is 0. The van der Waals surface area contributed by atoms with Crippen molar-refractivity contribution in [3.8, 4) is 0 Å². The SMILES string of the molecule is O=C1CC(O)(C(=O)O)CC(O)C1O.O=C1CC(O)(C(=O)O)CC(O)C1O.O=C1CC(O)(C(=O)O)CC(O)C1O.[Fe]. The third kappa shape index (κ3) is 8.79. The zero-order chi connectivity index (χ0) is 30.7. The van der Waals surface area contributed by atoms with Crippen LogP contribution in [-0.4, -0.2) is 150 Å². The molecule has 0 aromatic heterocycles. The van der Waals surface area contributed by atoms with E-state index in [0.29, 0.717) is 0 Å². The molecule has 230 valence electrons. The van der Waals surface area contributed by atoms with Crippen LogP contribution < -0.4 is 0 Å². The van der Waals surface area contributed by atoms with E-state index in [-0.39, 0.29) is 17.1 Å². The van der Waals surface area contributed by atoms with E-state index in [4.69, 9.17) is 46.0 Å². The van der Waals surface area contributed by atoms with Gasteiger partial charge in [-0.2, -0.15) is 0 Å². The van der Waals surface area contributed by atoms with Gasteiger partial charge in [-0.15, -0.1) is 0 Å². The molecule has 19 heteroatoms. The standard InChI is InChI=1S/3C7H10O6.Fe/c3*8-3-1-7(13,6(11)12)2-4(9)5(3)10;/h3*3,5,8,10,13H,1-2H2,(H,11,12);. The van der Waals surface area contributed by atoms with E-state index >= 15 is 0 Å². The number of rotatable bonds is 3. The van der Waals surface area contributed by atoms with Gasteiger partial charge in [0.05, 0.1) is 18.3 Å². The fraction of sp³-hybridized carbons (Fsp3) is 0.714. The van der Waals surface area contributed by atoms with Gasteiger partial charge in [-0.05, 0) is 0 Å². The van der Waals surface area contributed by atoms with Crippen LogP contribution in [0, 0.1) is 0 Å². The first kappa shape index (κ1) is 37.6. The summed E-state index contributed by atoms with van der Waals surface area (Å²) in [6, 6.07) is 0. The number of carboxylic acids is 3. The van der Waals surface area contributed by atoms with Crippen LogP contribution in [0.1, 0.15) is 38.5 Å². The second-order valence-corrected chi connectivity index (χ2v) is 9.59. The van der Waals surface area contributed by atoms with E-state index in [9.17, 15) is 44.1 Å². The first-order valence-electron chi connectivity index (χ1n) is 11.1. The molecule has 9 atom stereocenters. The average Bonchev–Trinajstić information content (AvgIpc) is 2.80. The number of aliphatic hydroxyl groups is 9. The van der Waals surface area contributed by atoms with Crippen LogP contribution in [-0.2, 0) is 45.8 Å². The quantitative estimate of drug-likeness (QED) is 0.130. The summed E-state index contributed by atoms with van der Waals surface area (Å²) in [5, 5.41) is 108. The summed E-state index contributed by atoms with van der Waals surface area (Å²) in [5.74, 6) is -7.26. The maximum absolute atomic E-state index is 10.9. The predicted molar refractivity (Wildman–Crippen MR) is 117 cm³/mol. The summed E-state index contributed by atoms with van der Waals surface area (Å²) < 4.78 is 0. The van der Waals surface area contributed by atoms with Gasteiger partial charge in [0.15, 0.2) is 34.2 Å². The maximum atomic E-state index is 10.9. The van der Waals surface area contributed by atoms with Crippen LogP contribution in [0.5, 0.6) is 0 Å². The van der Waals surface area contributed by atoms with Gasteiger partial charge in [-0.3, -0.25) is 14.4 Å². The molecule has 0 saturated heterocycles. The van der Waals surface area contributed by atoms with Crippen molar-refractivity contribution >= 4 is 35.3 Å². The second kappa shape index (κ2) is 14.0. The number of carbonyl (C=O) groups is 6. The fourth-order valence-electron chi connectivity index (χ4n) is 3.90. The van der Waals surface area contributed by atoms with Crippen LogP contribution in [0.2, 0.25) is 0 Å². The van der Waals surface area contributed by atoms with Gasteiger partial charge in [0.1, 0.15) is 18.3 Å². The summed E-state index contributed by atoms with van der Waals surface area (Å²) in [6.07, 6.45) is -12.9. The van der Waals surface area contributed by atoms with Gasteiger partial charge in [-0.25, -0.2) is 14.4 Å². The molecule has 0 aliphatic heterocycles. The molecule has 0 spiro atoms. The molecule has 18 nitrogen and oxygen atoms in total. The molecule has 12 N–H and O–H groups in total. The number of hydrogen-bond acceptors (Lipinski definition) is 15. The zero-order valence-electron chi connectivity index (χ0n) is 20.4. The van der Waals surface area contributed by atoms with Gasteiger partial charge in [0, 0.05) is 55.6 Å². The smallest absolute Gasteiger partial charge is 0.336 e. The van der Waals surface area contributed by atoms with Crippen LogP contribution in [0.15, 0.2) is 0 Å². The molecule has 0 amide bonds. The Balaban J connectivity index is 0.000000563.